The van der Waals surface area contributed by atoms with Crippen LogP contribution in [0.25, 0.3) is 22.2 Å². The van der Waals surface area contributed by atoms with Gasteiger partial charge in [0.2, 0.25) is 5.95 Å². The summed E-state index contributed by atoms with van der Waals surface area (Å²) in [5.74, 6) is 1.86. The molecule has 214 valence electrons. The Hall–Kier alpha value is -4.13. The third kappa shape index (κ3) is 5.45. The maximum absolute atomic E-state index is 13.6. The van der Waals surface area contributed by atoms with Crippen molar-refractivity contribution >= 4 is 52.3 Å². The fraction of sp³-hybridized carbons (Fsp3) is 0.296. The summed E-state index contributed by atoms with van der Waals surface area (Å²) in [6, 6.07) is 4.91. The Morgan fingerprint density at radius 3 is 2.54 bits per heavy atom. The van der Waals surface area contributed by atoms with Gasteiger partial charge in [0.15, 0.2) is 0 Å². The van der Waals surface area contributed by atoms with Gasteiger partial charge in [-0.3, -0.25) is 19.3 Å². The van der Waals surface area contributed by atoms with Gasteiger partial charge in [0.1, 0.15) is 29.3 Å². The number of benzene rings is 1. The van der Waals surface area contributed by atoms with Crippen LogP contribution < -0.4 is 30.6 Å². The van der Waals surface area contributed by atoms with E-state index in [2.05, 4.69) is 42.3 Å². The van der Waals surface area contributed by atoms with Crippen LogP contribution in [0.4, 0.5) is 11.8 Å². The third-order valence-electron chi connectivity index (χ3n) is 7.01. The van der Waals surface area contributed by atoms with Crippen LogP contribution in [0.15, 0.2) is 47.5 Å². The van der Waals surface area contributed by atoms with Crippen LogP contribution in [0, 0.1) is 0 Å². The van der Waals surface area contributed by atoms with E-state index in [1.807, 2.05) is 6.07 Å². The predicted octanol–water partition coefficient (Wildman–Crippen LogP) is 3.06. The number of hydrogen-bond acceptors (Lipinski definition) is 10. The number of hydrogen-bond donors (Lipinski definition) is 3. The lowest BCUT2D eigenvalue weighted by Crippen LogP contribution is -2.44. The van der Waals surface area contributed by atoms with Crippen molar-refractivity contribution < 1.29 is 14.3 Å². The molecule has 0 amide bonds. The zero-order chi connectivity index (χ0) is 29.3. The van der Waals surface area contributed by atoms with Gasteiger partial charge >= 0.3 is 0 Å². The summed E-state index contributed by atoms with van der Waals surface area (Å²) in [4.78, 5) is 36.0. The van der Waals surface area contributed by atoms with Gasteiger partial charge in [-0.2, -0.15) is 10.1 Å². The number of pyridine rings is 1. The van der Waals surface area contributed by atoms with E-state index < -0.39 is 0 Å². The van der Waals surface area contributed by atoms with Crippen molar-refractivity contribution in [1.29, 1.82) is 0 Å². The van der Waals surface area contributed by atoms with Crippen LogP contribution in [0.2, 0.25) is 10.0 Å². The van der Waals surface area contributed by atoms with Crippen molar-refractivity contribution in [3.8, 4) is 22.6 Å². The molecule has 0 saturated carbocycles. The maximum Gasteiger partial charge on any atom is 0.259 e. The molecule has 4 aromatic rings. The number of nitrogens with one attached hydrogen (secondary N) is 3. The first kappa shape index (κ1) is 28.4. The molecular formula is C27H28Cl2N8O4. The van der Waals surface area contributed by atoms with Gasteiger partial charge in [0, 0.05) is 62.0 Å². The molecule has 2 atom stereocenters. The van der Waals surface area contributed by atoms with Gasteiger partial charge in [0.05, 0.1) is 42.1 Å². The van der Waals surface area contributed by atoms with Crippen molar-refractivity contribution in [2.24, 2.45) is 7.05 Å². The van der Waals surface area contributed by atoms with Crippen molar-refractivity contribution in [2.75, 3.05) is 44.1 Å². The van der Waals surface area contributed by atoms with E-state index in [4.69, 9.17) is 32.7 Å². The van der Waals surface area contributed by atoms with Crippen LogP contribution in [0.5, 0.6) is 11.5 Å². The Morgan fingerprint density at radius 1 is 1.20 bits per heavy atom. The highest BCUT2D eigenvalue weighted by atomic mass is 35.5. The van der Waals surface area contributed by atoms with E-state index in [0.717, 1.165) is 12.1 Å². The number of aryl methyl sites for hydroxylation is 1. The fourth-order valence-corrected chi connectivity index (χ4v) is 5.57. The minimum atomic E-state index is -0.362. The third-order valence-corrected chi connectivity index (χ3v) is 7.76. The first-order valence-electron chi connectivity index (χ1n) is 12.6. The molecular weight excluding hydrogens is 571 g/mol. The number of methoxy groups -OCH3 is 2. The van der Waals surface area contributed by atoms with Gasteiger partial charge in [-0.1, -0.05) is 29.8 Å². The SMILES string of the molecule is C=C(C=O)CNC1CN(c2ccn[nH]2)CC1Nc1ncc2cc(-c3c(Cl)c(OC)cc(OC)c3Cl)c(=O)n(C)c2n1. The molecule has 0 spiro atoms. The second-order valence-electron chi connectivity index (χ2n) is 9.54. The summed E-state index contributed by atoms with van der Waals surface area (Å²) in [6.45, 7) is 5.36. The largest absolute Gasteiger partial charge is 0.495 e. The average molecular weight is 599 g/mol. The molecule has 3 N–H and O–H groups in total. The number of anilines is 2. The number of fused-ring (bicyclic) bond motifs is 1. The fourth-order valence-electron chi connectivity index (χ4n) is 4.87. The summed E-state index contributed by atoms with van der Waals surface area (Å²) in [5, 5.41) is 14.8. The summed E-state index contributed by atoms with van der Waals surface area (Å²) < 4.78 is 12.2. The van der Waals surface area contributed by atoms with E-state index in [-0.39, 0.29) is 33.3 Å². The van der Waals surface area contributed by atoms with E-state index in [9.17, 15) is 9.59 Å². The maximum atomic E-state index is 13.6. The highest BCUT2D eigenvalue weighted by Crippen LogP contribution is 2.45. The highest BCUT2D eigenvalue weighted by Gasteiger charge is 2.34. The summed E-state index contributed by atoms with van der Waals surface area (Å²) in [6.07, 6.45) is 4.06. The molecule has 2 unspecified atom stereocenters. The zero-order valence-electron chi connectivity index (χ0n) is 22.6. The lowest BCUT2D eigenvalue weighted by Gasteiger charge is -2.21. The van der Waals surface area contributed by atoms with Gasteiger partial charge in [0.25, 0.3) is 5.56 Å². The normalized spacial score (nSPS) is 16.7. The molecule has 5 rings (SSSR count). The topological polar surface area (TPSA) is 139 Å². The van der Waals surface area contributed by atoms with Crippen molar-refractivity contribution in [2.45, 2.75) is 12.1 Å². The molecule has 1 aliphatic heterocycles. The summed E-state index contributed by atoms with van der Waals surface area (Å²) >= 11 is 13.2. The number of halogens is 2. The summed E-state index contributed by atoms with van der Waals surface area (Å²) in [5.41, 5.74) is 1.05. The number of nitrogens with zero attached hydrogens (tertiary/aromatic N) is 5. The molecule has 1 aliphatic rings. The molecule has 4 heterocycles. The molecule has 41 heavy (non-hydrogen) atoms. The van der Waals surface area contributed by atoms with E-state index in [1.54, 1.807) is 31.6 Å². The molecule has 14 heteroatoms. The Kier molecular flexibility index (Phi) is 8.15. The lowest BCUT2D eigenvalue weighted by molar-refractivity contribution is -0.104. The van der Waals surface area contributed by atoms with E-state index in [0.29, 0.717) is 59.3 Å². The molecule has 1 aromatic carbocycles. The number of rotatable bonds is 10. The minimum Gasteiger partial charge on any atom is -0.495 e. The molecule has 0 radical (unpaired) electrons. The number of H-pyrrole nitrogens is 1. The quantitative estimate of drug-likeness (QED) is 0.184. The minimum absolute atomic E-state index is 0.0622. The Morgan fingerprint density at radius 2 is 1.90 bits per heavy atom. The summed E-state index contributed by atoms with van der Waals surface area (Å²) in [7, 11) is 4.56. The van der Waals surface area contributed by atoms with Crippen molar-refractivity contribution in [1.82, 2.24) is 30.0 Å². The van der Waals surface area contributed by atoms with E-state index >= 15 is 0 Å². The number of aromatic amines is 1. The molecule has 0 aliphatic carbocycles. The highest BCUT2D eigenvalue weighted by molar-refractivity contribution is 6.41. The zero-order valence-corrected chi connectivity index (χ0v) is 24.1. The number of carbonyl (C=O) groups excluding carboxylic acids is 1. The number of carbonyl (C=O) groups is 1. The van der Waals surface area contributed by atoms with Gasteiger partial charge in [-0.15, -0.1) is 0 Å². The van der Waals surface area contributed by atoms with Crippen molar-refractivity contribution in [3.05, 3.63) is 63.1 Å². The Bertz CT molecular complexity index is 1650. The number of ether oxygens (including phenoxy) is 2. The van der Waals surface area contributed by atoms with Gasteiger partial charge < -0.3 is 25.0 Å². The number of aromatic nitrogens is 5. The van der Waals surface area contributed by atoms with Crippen LogP contribution in [-0.4, -0.2) is 77.0 Å². The lowest BCUT2D eigenvalue weighted by atomic mass is 10.0. The molecule has 3 aromatic heterocycles. The monoisotopic (exact) mass is 598 g/mol. The first-order chi connectivity index (χ1) is 19.7. The standard InChI is InChI=1S/C27H28Cl2N8O4/c1-14(13-38)9-30-17-11-37(21-5-6-32-35-21)12-18(17)33-27-31-10-15-7-16(26(39)36(2)25(15)34-27)22-23(28)19(40-3)8-20(41-4)24(22)29/h5-8,10,13,17-18,30H,1,9,11-12H2,2-4H3,(H,32,35)(H,31,33,34). The smallest absolute Gasteiger partial charge is 0.259 e. The molecule has 1 fully saturated rings. The van der Waals surface area contributed by atoms with Crippen LogP contribution in [-0.2, 0) is 11.8 Å². The first-order valence-corrected chi connectivity index (χ1v) is 13.4. The molecule has 0 bridgehead atoms. The second kappa shape index (κ2) is 11.8. The van der Waals surface area contributed by atoms with Crippen molar-refractivity contribution in [3.63, 3.8) is 0 Å². The number of aldehydes is 1. The second-order valence-corrected chi connectivity index (χ2v) is 10.3. The Labute approximate surface area is 245 Å². The van der Waals surface area contributed by atoms with Crippen LogP contribution >= 0.6 is 23.2 Å². The van der Waals surface area contributed by atoms with Crippen LogP contribution in [0.1, 0.15) is 0 Å². The van der Waals surface area contributed by atoms with Gasteiger partial charge in [-0.25, -0.2) is 4.98 Å². The average Bonchev–Trinajstić information content (AvgIpc) is 3.65. The molecule has 1 saturated heterocycles. The Balaban J connectivity index is 1.49. The van der Waals surface area contributed by atoms with E-state index in [1.165, 1.54) is 18.8 Å². The predicted molar refractivity (Wildman–Crippen MR) is 159 cm³/mol. The molecule has 12 nitrogen and oxygen atoms in total. The van der Waals surface area contributed by atoms with Crippen LogP contribution in [0.3, 0.4) is 0 Å². The van der Waals surface area contributed by atoms with Gasteiger partial charge in [-0.05, 0) is 11.6 Å².